The average Bonchev–Trinajstić information content (AvgIpc) is 2.36. The zero-order chi connectivity index (χ0) is 7.40. The van der Waals surface area contributed by atoms with E-state index in [-0.39, 0.29) is 16.5 Å². The van der Waals surface area contributed by atoms with E-state index in [0.29, 0.717) is 0 Å². The van der Waals surface area contributed by atoms with Crippen molar-refractivity contribution in [3.05, 3.63) is 42.4 Å². The van der Waals surface area contributed by atoms with Gasteiger partial charge in [0, 0.05) is 16.5 Å². The SMILES string of the molecule is C=C[CH-]C1=C(CC)C=CC1.[Ni]. The van der Waals surface area contributed by atoms with Crippen LogP contribution in [0.2, 0.25) is 0 Å². The Hall–Kier alpha value is -0.416. The standard InChI is InChI=1S/C10H13.Ni/c1-3-6-10-8-5-7-9(10)4-2;/h3,5-7H,1,4,8H2,2H3;/q-1;. The summed E-state index contributed by atoms with van der Waals surface area (Å²) in [6.45, 7) is 5.86. The van der Waals surface area contributed by atoms with Gasteiger partial charge in [-0.3, -0.25) is 0 Å². The second-order valence-corrected chi connectivity index (χ2v) is 2.41. The van der Waals surface area contributed by atoms with Gasteiger partial charge in [-0.2, -0.15) is 19.1 Å². The number of allylic oxidation sites excluding steroid dienone is 5. The maximum absolute atomic E-state index is 3.68. The van der Waals surface area contributed by atoms with Crippen LogP contribution in [0, 0.1) is 6.42 Å². The normalized spacial score (nSPS) is 14.6. The second-order valence-electron chi connectivity index (χ2n) is 2.41. The smallest absolute Gasteiger partial charge is 0 e. The van der Waals surface area contributed by atoms with Crippen molar-refractivity contribution < 1.29 is 16.5 Å². The largest absolute Gasteiger partial charge is 0.194 e. The molecule has 1 heteroatoms. The van der Waals surface area contributed by atoms with Crippen LogP contribution in [0.1, 0.15) is 19.8 Å². The van der Waals surface area contributed by atoms with Gasteiger partial charge in [0.15, 0.2) is 0 Å². The summed E-state index contributed by atoms with van der Waals surface area (Å²) in [6, 6.07) is 0. The van der Waals surface area contributed by atoms with Crippen LogP contribution in [0.15, 0.2) is 36.0 Å². The molecular formula is C10H13Ni-. The molecule has 0 aromatic heterocycles. The summed E-state index contributed by atoms with van der Waals surface area (Å²) in [4.78, 5) is 0. The van der Waals surface area contributed by atoms with E-state index in [9.17, 15) is 0 Å². The molecule has 0 amide bonds. The van der Waals surface area contributed by atoms with E-state index < -0.39 is 0 Å². The van der Waals surface area contributed by atoms with Crippen LogP contribution < -0.4 is 0 Å². The number of hydrogen-bond donors (Lipinski definition) is 0. The van der Waals surface area contributed by atoms with Crippen LogP contribution in [0.25, 0.3) is 0 Å². The van der Waals surface area contributed by atoms with E-state index in [1.165, 1.54) is 11.1 Å². The van der Waals surface area contributed by atoms with Gasteiger partial charge in [-0.05, 0) is 6.42 Å². The van der Waals surface area contributed by atoms with Gasteiger partial charge in [-0.15, -0.1) is 17.2 Å². The molecule has 1 aliphatic rings. The topological polar surface area (TPSA) is 0 Å². The average molecular weight is 192 g/mol. The van der Waals surface area contributed by atoms with Gasteiger partial charge in [-0.1, -0.05) is 19.4 Å². The van der Waals surface area contributed by atoms with Crippen molar-refractivity contribution in [2.75, 3.05) is 0 Å². The summed E-state index contributed by atoms with van der Waals surface area (Å²) in [6.07, 6.45) is 10.6. The molecule has 0 saturated carbocycles. The fraction of sp³-hybridized carbons (Fsp3) is 0.300. The van der Waals surface area contributed by atoms with Crippen molar-refractivity contribution in [1.29, 1.82) is 0 Å². The van der Waals surface area contributed by atoms with Gasteiger partial charge in [0.1, 0.15) is 0 Å². The Morgan fingerprint density at radius 1 is 1.73 bits per heavy atom. The molecule has 0 spiro atoms. The summed E-state index contributed by atoms with van der Waals surface area (Å²) in [5.41, 5.74) is 2.89. The van der Waals surface area contributed by atoms with Crippen LogP contribution in [0.4, 0.5) is 0 Å². The fourth-order valence-electron chi connectivity index (χ4n) is 1.23. The summed E-state index contributed by atoms with van der Waals surface area (Å²) in [5, 5.41) is 0. The van der Waals surface area contributed by atoms with Crippen molar-refractivity contribution in [1.82, 2.24) is 0 Å². The Labute approximate surface area is 79.0 Å². The first-order valence-corrected chi connectivity index (χ1v) is 3.72. The summed E-state index contributed by atoms with van der Waals surface area (Å²) in [5.74, 6) is 0. The van der Waals surface area contributed by atoms with Crippen LogP contribution in [-0.2, 0) is 16.5 Å². The molecule has 1 aliphatic carbocycles. The first-order valence-electron chi connectivity index (χ1n) is 3.72. The molecule has 11 heavy (non-hydrogen) atoms. The van der Waals surface area contributed by atoms with E-state index in [0.717, 1.165) is 12.8 Å². The van der Waals surface area contributed by atoms with Gasteiger partial charge in [-0.25, -0.2) is 0 Å². The van der Waals surface area contributed by atoms with Crippen LogP contribution >= 0.6 is 0 Å². The third kappa shape index (κ3) is 2.59. The van der Waals surface area contributed by atoms with Crippen LogP contribution in [-0.4, -0.2) is 0 Å². The molecule has 0 bridgehead atoms. The summed E-state index contributed by atoms with van der Waals surface area (Å²) >= 11 is 0. The molecule has 0 nitrogen and oxygen atoms in total. The monoisotopic (exact) mass is 191 g/mol. The number of hydrogen-bond acceptors (Lipinski definition) is 0. The van der Waals surface area contributed by atoms with Gasteiger partial charge >= 0.3 is 0 Å². The minimum Gasteiger partial charge on any atom is -0.194 e. The van der Waals surface area contributed by atoms with E-state index in [1.807, 2.05) is 6.08 Å². The molecule has 0 aromatic rings. The predicted molar refractivity (Wildman–Crippen MR) is 45.6 cm³/mol. The van der Waals surface area contributed by atoms with Crippen molar-refractivity contribution in [3.63, 3.8) is 0 Å². The molecule has 0 fully saturated rings. The van der Waals surface area contributed by atoms with Crippen LogP contribution in [0.3, 0.4) is 0 Å². The Kier molecular flexibility index (Phi) is 5.06. The Bertz CT molecular complexity index is 187. The zero-order valence-electron chi connectivity index (χ0n) is 6.75. The fourth-order valence-corrected chi connectivity index (χ4v) is 1.23. The molecule has 0 aliphatic heterocycles. The molecule has 0 heterocycles. The summed E-state index contributed by atoms with van der Waals surface area (Å²) < 4.78 is 0. The molecule has 0 aromatic carbocycles. The molecule has 0 N–H and O–H groups in total. The van der Waals surface area contributed by atoms with Gasteiger partial charge < -0.3 is 0 Å². The van der Waals surface area contributed by atoms with Crippen molar-refractivity contribution in [2.24, 2.45) is 0 Å². The van der Waals surface area contributed by atoms with Gasteiger partial charge in [0.25, 0.3) is 0 Å². The first kappa shape index (κ1) is 10.6. The minimum absolute atomic E-state index is 0. The maximum atomic E-state index is 3.68. The molecule has 0 unspecified atom stereocenters. The van der Waals surface area contributed by atoms with Crippen molar-refractivity contribution >= 4 is 0 Å². The van der Waals surface area contributed by atoms with Crippen molar-refractivity contribution in [2.45, 2.75) is 19.8 Å². The van der Waals surface area contributed by atoms with E-state index in [1.54, 1.807) is 0 Å². The third-order valence-corrected chi connectivity index (χ3v) is 1.77. The molecule has 0 saturated heterocycles. The van der Waals surface area contributed by atoms with E-state index in [4.69, 9.17) is 0 Å². The maximum Gasteiger partial charge on any atom is 0 e. The van der Waals surface area contributed by atoms with E-state index >= 15 is 0 Å². The van der Waals surface area contributed by atoms with Crippen molar-refractivity contribution in [3.8, 4) is 0 Å². The Balaban J connectivity index is 0.000001000. The van der Waals surface area contributed by atoms with Gasteiger partial charge in [0.2, 0.25) is 0 Å². The van der Waals surface area contributed by atoms with Crippen LogP contribution in [0.5, 0.6) is 0 Å². The molecule has 64 valence electrons. The third-order valence-electron chi connectivity index (χ3n) is 1.77. The second kappa shape index (κ2) is 5.26. The molecule has 0 radical (unpaired) electrons. The number of rotatable bonds is 3. The molecular weight excluding hydrogens is 179 g/mol. The summed E-state index contributed by atoms with van der Waals surface area (Å²) in [7, 11) is 0. The van der Waals surface area contributed by atoms with E-state index in [2.05, 4.69) is 32.1 Å². The molecule has 0 atom stereocenters. The van der Waals surface area contributed by atoms with Gasteiger partial charge in [0.05, 0.1) is 0 Å². The minimum atomic E-state index is 0. The molecule has 1 rings (SSSR count). The Morgan fingerprint density at radius 2 is 2.45 bits per heavy atom. The zero-order valence-corrected chi connectivity index (χ0v) is 7.73. The first-order chi connectivity index (χ1) is 4.88. The quantitative estimate of drug-likeness (QED) is 0.476. The predicted octanol–water partition coefficient (Wildman–Crippen LogP) is 3.04. The Morgan fingerprint density at radius 3 is 3.00 bits per heavy atom.